The van der Waals surface area contributed by atoms with Gasteiger partial charge in [0.25, 0.3) is 5.91 Å². The van der Waals surface area contributed by atoms with Gasteiger partial charge in [-0.25, -0.2) is 4.98 Å². The predicted molar refractivity (Wildman–Crippen MR) is 93.0 cm³/mol. The monoisotopic (exact) mass is 351 g/mol. The molecule has 1 unspecified atom stereocenters. The van der Waals surface area contributed by atoms with E-state index in [4.69, 9.17) is 16.0 Å². The third-order valence-corrected chi connectivity index (χ3v) is 4.68. The first kappa shape index (κ1) is 17.8. The van der Waals surface area contributed by atoms with Crippen LogP contribution in [-0.4, -0.2) is 29.0 Å². The lowest BCUT2D eigenvalue weighted by Crippen LogP contribution is -2.52. The lowest BCUT2D eigenvalue weighted by Gasteiger charge is -2.41. The Bertz CT molecular complexity index is 666. The summed E-state index contributed by atoms with van der Waals surface area (Å²) in [5.74, 6) is -0.332. The first-order chi connectivity index (χ1) is 10.7. The fourth-order valence-corrected chi connectivity index (χ4v) is 4.12. The van der Waals surface area contributed by atoms with Gasteiger partial charge in [0.15, 0.2) is 13.9 Å². The van der Waals surface area contributed by atoms with Crippen molar-refractivity contribution >= 4 is 25.8 Å². The first-order valence-electron chi connectivity index (χ1n) is 7.52. The molecule has 0 spiro atoms. The molecule has 0 fully saturated rings. The summed E-state index contributed by atoms with van der Waals surface area (Å²) >= 11 is 6.01. The molecule has 1 aromatic heterocycles. The van der Waals surface area contributed by atoms with Gasteiger partial charge in [0.1, 0.15) is 12.7 Å². The maximum absolute atomic E-state index is 13.3. The fraction of sp³-hybridized carbons (Fsp3) is 0.438. The molecular formula is C16H22ClN3O2Si. The minimum Gasteiger partial charge on any atom is -0.400 e. The van der Waals surface area contributed by atoms with E-state index in [1.807, 2.05) is 26.0 Å². The van der Waals surface area contributed by atoms with Crippen LogP contribution >= 0.6 is 11.6 Å². The Balaban J connectivity index is 2.64. The zero-order chi connectivity index (χ0) is 17.3. The Morgan fingerprint density at radius 2 is 1.87 bits per heavy atom. The van der Waals surface area contributed by atoms with Crippen molar-refractivity contribution < 1.29 is 9.22 Å². The largest absolute Gasteiger partial charge is 0.400 e. The Hall–Kier alpha value is -1.50. The van der Waals surface area contributed by atoms with Gasteiger partial charge in [-0.15, -0.1) is 0 Å². The minimum absolute atomic E-state index is 0.0906. The molecule has 0 aliphatic heterocycles. The van der Waals surface area contributed by atoms with Crippen molar-refractivity contribution in [3.05, 3.63) is 47.5 Å². The van der Waals surface area contributed by atoms with E-state index in [-0.39, 0.29) is 11.8 Å². The van der Waals surface area contributed by atoms with Crippen LogP contribution in [0.1, 0.15) is 24.2 Å². The standard InChI is InChI=1S/C16H22ClN3O2Si/c1-12(2)16(22-23(3,4)5,13-6-8-14(17)9-7-13)15(21)20-11-18-10-19-20/h6-12H,1-5H3. The highest BCUT2D eigenvalue weighted by Gasteiger charge is 2.48. The number of rotatable bonds is 5. The van der Waals surface area contributed by atoms with Gasteiger partial charge in [0.2, 0.25) is 0 Å². The average Bonchev–Trinajstić information content (AvgIpc) is 2.97. The van der Waals surface area contributed by atoms with Crippen LogP contribution in [0.4, 0.5) is 0 Å². The van der Waals surface area contributed by atoms with Gasteiger partial charge < -0.3 is 4.43 Å². The lowest BCUT2D eigenvalue weighted by atomic mass is 9.82. The topological polar surface area (TPSA) is 57.0 Å². The van der Waals surface area contributed by atoms with Crippen LogP contribution in [0.2, 0.25) is 24.7 Å². The summed E-state index contributed by atoms with van der Waals surface area (Å²) in [6, 6.07) is 7.24. The number of halogens is 1. The smallest absolute Gasteiger partial charge is 0.284 e. The SMILES string of the molecule is CC(C)C(O[Si](C)(C)C)(C(=O)n1cncn1)c1ccc(Cl)cc1. The Morgan fingerprint density at radius 3 is 2.30 bits per heavy atom. The second kappa shape index (κ2) is 6.55. The van der Waals surface area contributed by atoms with Gasteiger partial charge >= 0.3 is 0 Å². The minimum atomic E-state index is -2.04. The van der Waals surface area contributed by atoms with E-state index in [1.54, 1.807) is 12.1 Å². The van der Waals surface area contributed by atoms with E-state index in [1.165, 1.54) is 17.3 Å². The lowest BCUT2D eigenvalue weighted by molar-refractivity contribution is 0.00477. The number of carbonyl (C=O) groups is 1. The van der Waals surface area contributed by atoms with E-state index >= 15 is 0 Å². The summed E-state index contributed by atoms with van der Waals surface area (Å²) in [5.41, 5.74) is -0.345. The maximum Gasteiger partial charge on any atom is 0.284 e. The molecule has 2 rings (SSSR count). The molecule has 0 aliphatic rings. The van der Waals surface area contributed by atoms with E-state index in [0.29, 0.717) is 5.02 Å². The molecule has 7 heteroatoms. The summed E-state index contributed by atoms with van der Waals surface area (Å²) in [6.07, 6.45) is 2.75. The molecule has 1 aromatic carbocycles. The Labute approximate surface area is 142 Å². The number of nitrogens with zero attached hydrogens (tertiary/aromatic N) is 3. The van der Waals surface area contributed by atoms with Gasteiger partial charge in [-0.2, -0.15) is 9.78 Å². The molecule has 23 heavy (non-hydrogen) atoms. The van der Waals surface area contributed by atoms with Crippen molar-refractivity contribution in [2.24, 2.45) is 5.92 Å². The summed E-state index contributed by atoms with van der Waals surface area (Å²) in [4.78, 5) is 17.1. The molecule has 1 atom stereocenters. The number of carbonyl (C=O) groups excluding carboxylic acids is 1. The van der Waals surface area contributed by atoms with Gasteiger partial charge in [-0.3, -0.25) is 4.79 Å². The van der Waals surface area contributed by atoms with E-state index in [2.05, 4.69) is 29.7 Å². The second-order valence-corrected chi connectivity index (χ2v) is 11.6. The molecule has 0 radical (unpaired) electrons. The van der Waals surface area contributed by atoms with E-state index < -0.39 is 13.9 Å². The molecule has 0 bridgehead atoms. The van der Waals surface area contributed by atoms with Crippen LogP contribution in [0, 0.1) is 5.92 Å². The summed E-state index contributed by atoms with van der Waals surface area (Å²) in [7, 11) is -2.04. The van der Waals surface area contributed by atoms with Crippen molar-refractivity contribution in [1.82, 2.24) is 14.8 Å². The normalized spacial score (nSPS) is 14.7. The van der Waals surface area contributed by atoms with Crippen LogP contribution in [-0.2, 0) is 10.0 Å². The summed E-state index contributed by atoms with van der Waals surface area (Å²) < 4.78 is 7.70. The van der Waals surface area contributed by atoms with Crippen LogP contribution in [0.3, 0.4) is 0 Å². The zero-order valence-electron chi connectivity index (χ0n) is 14.1. The molecule has 1 heterocycles. The van der Waals surface area contributed by atoms with Gasteiger partial charge in [-0.05, 0) is 43.3 Å². The predicted octanol–water partition coefficient (Wildman–Crippen LogP) is 3.97. The molecule has 2 aromatic rings. The second-order valence-electron chi connectivity index (χ2n) is 6.76. The number of aromatic nitrogens is 3. The highest BCUT2D eigenvalue weighted by molar-refractivity contribution is 6.70. The molecule has 0 saturated carbocycles. The third kappa shape index (κ3) is 3.71. The summed E-state index contributed by atoms with van der Waals surface area (Å²) in [6.45, 7) is 10.1. The van der Waals surface area contributed by atoms with Crippen molar-refractivity contribution in [2.75, 3.05) is 0 Å². The number of benzene rings is 1. The molecule has 0 amide bonds. The van der Waals surface area contributed by atoms with Gasteiger partial charge in [-0.1, -0.05) is 37.6 Å². The van der Waals surface area contributed by atoms with Crippen molar-refractivity contribution in [2.45, 2.75) is 39.1 Å². The molecular weight excluding hydrogens is 330 g/mol. The number of hydrogen-bond donors (Lipinski definition) is 0. The van der Waals surface area contributed by atoms with E-state index in [0.717, 1.165) is 5.56 Å². The van der Waals surface area contributed by atoms with Crippen LogP contribution in [0.15, 0.2) is 36.9 Å². The third-order valence-electron chi connectivity index (χ3n) is 3.50. The van der Waals surface area contributed by atoms with Gasteiger partial charge in [0, 0.05) is 5.02 Å². The highest BCUT2D eigenvalue weighted by atomic mass is 35.5. The van der Waals surface area contributed by atoms with Crippen LogP contribution in [0.5, 0.6) is 0 Å². The zero-order valence-corrected chi connectivity index (χ0v) is 15.8. The van der Waals surface area contributed by atoms with Crippen LogP contribution in [0.25, 0.3) is 0 Å². The molecule has 0 aliphatic carbocycles. The first-order valence-corrected chi connectivity index (χ1v) is 11.3. The molecule has 0 saturated heterocycles. The quantitative estimate of drug-likeness (QED) is 0.764. The van der Waals surface area contributed by atoms with Crippen molar-refractivity contribution in [3.8, 4) is 0 Å². The molecule has 124 valence electrons. The summed E-state index contributed by atoms with van der Waals surface area (Å²) in [5, 5.41) is 4.62. The Kier molecular flexibility index (Phi) is 5.08. The maximum atomic E-state index is 13.3. The molecule has 0 N–H and O–H groups in total. The Morgan fingerprint density at radius 1 is 1.26 bits per heavy atom. The average molecular weight is 352 g/mol. The van der Waals surface area contributed by atoms with Crippen LogP contribution < -0.4 is 0 Å². The van der Waals surface area contributed by atoms with E-state index in [9.17, 15) is 4.79 Å². The van der Waals surface area contributed by atoms with Crippen molar-refractivity contribution in [1.29, 1.82) is 0 Å². The number of hydrogen-bond acceptors (Lipinski definition) is 4. The van der Waals surface area contributed by atoms with Crippen molar-refractivity contribution in [3.63, 3.8) is 0 Å². The fourth-order valence-electron chi connectivity index (χ4n) is 2.59. The highest BCUT2D eigenvalue weighted by Crippen LogP contribution is 2.38. The van der Waals surface area contributed by atoms with Gasteiger partial charge in [0.05, 0.1) is 0 Å². The molecule has 5 nitrogen and oxygen atoms in total.